The Bertz CT molecular complexity index is 766. The highest BCUT2D eigenvalue weighted by Crippen LogP contribution is 2.40. The van der Waals surface area contributed by atoms with E-state index in [1.807, 2.05) is 24.3 Å². The first-order valence-electron chi connectivity index (χ1n) is 10.4. The van der Waals surface area contributed by atoms with Gasteiger partial charge in [-0.25, -0.2) is 0 Å². The Balaban J connectivity index is 2.18. The van der Waals surface area contributed by atoms with Crippen molar-refractivity contribution in [1.82, 2.24) is 4.90 Å². The summed E-state index contributed by atoms with van der Waals surface area (Å²) in [5.41, 5.74) is 1.74. The third-order valence-corrected chi connectivity index (χ3v) is 6.19. The van der Waals surface area contributed by atoms with Crippen LogP contribution in [0.2, 0.25) is 5.02 Å². The smallest absolute Gasteiger partial charge is 0.0860 e. The predicted octanol–water partition coefficient (Wildman–Crippen LogP) is 6.84. The lowest BCUT2D eigenvalue weighted by Crippen LogP contribution is -2.37. The van der Waals surface area contributed by atoms with Gasteiger partial charge >= 0.3 is 0 Å². The van der Waals surface area contributed by atoms with E-state index in [-0.39, 0.29) is 5.92 Å². The molecule has 28 heavy (non-hydrogen) atoms. The molecule has 0 amide bonds. The number of benzene rings is 2. The number of halogens is 1. The summed E-state index contributed by atoms with van der Waals surface area (Å²) in [7, 11) is 0. The lowest BCUT2D eigenvalue weighted by atomic mass is 9.69. The Hall–Kier alpha value is -1.82. The van der Waals surface area contributed by atoms with E-state index in [4.69, 9.17) is 11.6 Å². The molecule has 0 bridgehead atoms. The number of rotatable bonds is 10. The standard InChI is InChI=1S/C25H33ClN2/c1-5-17-28(18-22-11-7-6-8-12-22)21(4)15-16-25(19-27,20(2)3)23-13-9-10-14-24(23)26/h6-14,20-21H,5,15-18H2,1-4H3. The van der Waals surface area contributed by atoms with E-state index in [2.05, 4.69) is 69.0 Å². The number of hydrogen-bond donors (Lipinski definition) is 0. The summed E-state index contributed by atoms with van der Waals surface area (Å²) in [6, 6.07) is 21.5. The van der Waals surface area contributed by atoms with Gasteiger partial charge in [0.25, 0.3) is 0 Å². The van der Waals surface area contributed by atoms with E-state index in [1.54, 1.807) is 0 Å². The molecule has 0 N–H and O–H groups in total. The van der Waals surface area contributed by atoms with E-state index < -0.39 is 5.41 Å². The average molecular weight is 397 g/mol. The Morgan fingerprint density at radius 1 is 1.04 bits per heavy atom. The Labute approximate surface area is 176 Å². The zero-order valence-corrected chi connectivity index (χ0v) is 18.4. The molecule has 2 unspecified atom stereocenters. The fourth-order valence-electron chi connectivity index (χ4n) is 3.98. The first-order chi connectivity index (χ1) is 13.4. The van der Waals surface area contributed by atoms with Crippen LogP contribution in [0.4, 0.5) is 0 Å². The van der Waals surface area contributed by atoms with Crippen LogP contribution in [-0.4, -0.2) is 17.5 Å². The first-order valence-corrected chi connectivity index (χ1v) is 10.8. The normalized spacial score (nSPS) is 14.6. The molecule has 0 radical (unpaired) electrons. The molecule has 2 aromatic rings. The summed E-state index contributed by atoms with van der Waals surface area (Å²) in [4.78, 5) is 2.53. The maximum Gasteiger partial charge on any atom is 0.0860 e. The average Bonchev–Trinajstić information content (AvgIpc) is 2.70. The summed E-state index contributed by atoms with van der Waals surface area (Å²) in [5, 5.41) is 10.9. The summed E-state index contributed by atoms with van der Waals surface area (Å²) < 4.78 is 0. The van der Waals surface area contributed by atoms with Gasteiger partial charge in [0, 0.05) is 17.6 Å². The molecule has 0 saturated carbocycles. The van der Waals surface area contributed by atoms with E-state index in [0.29, 0.717) is 11.1 Å². The quantitative estimate of drug-likeness (QED) is 0.439. The molecule has 150 valence electrons. The minimum atomic E-state index is -0.558. The van der Waals surface area contributed by atoms with Crippen molar-refractivity contribution in [2.45, 2.75) is 65.0 Å². The third-order valence-electron chi connectivity index (χ3n) is 5.86. The van der Waals surface area contributed by atoms with Gasteiger partial charge in [-0.15, -0.1) is 0 Å². The summed E-state index contributed by atoms with van der Waals surface area (Å²) in [5.74, 6) is 0.193. The second-order valence-corrected chi connectivity index (χ2v) is 8.47. The van der Waals surface area contributed by atoms with E-state index in [0.717, 1.165) is 37.9 Å². The fraction of sp³-hybridized carbons (Fsp3) is 0.480. The Kier molecular flexibility index (Phi) is 8.55. The second-order valence-electron chi connectivity index (χ2n) is 8.06. The van der Waals surface area contributed by atoms with Gasteiger partial charge in [0.05, 0.1) is 11.5 Å². The van der Waals surface area contributed by atoms with Crippen molar-refractivity contribution in [2.75, 3.05) is 6.54 Å². The maximum atomic E-state index is 10.2. The summed E-state index contributed by atoms with van der Waals surface area (Å²) in [6.45, 7) is 10.8. The van der Waals surface area contributed by atoms with Crippen molar-refractivity contribution >= 4 is 11.6 Å². The number of hydrogen-bond acceptors (Lipinski definition) is 2. The van der Waals surface area contributed by atoms with E-state index >= 15 is 0 Å². The highest BCUT2D eigenvalue weighted by molar-refractivity contribution is 6.31. The topological polar surface area (TPSA) is 27.0 Å². The van der Waals surface area contributed by atoms with Gasteiger partial charge in [-0.2, -0.15) is 5.26 Å². The van der Waals surface area contributed by atoms with Gasteiger partial charge in [-0.1, -0.05) is 80.9 Å². The van der Waals surface area contributed by atoms with Crippen LogP contribution in [0.1, 0.15) is 58.1 Å². The van der Waals surface area contributed by atoms with Crippen LogP contribution >= 0.6 is 11.6 Å². The predicted molar refractivity (Wildman–Crippen MR) is 119 cm³/mol. The SMILES string of the molecule is CCCN(Cc1ccccc1)C(C)CCC(C#N)(c1ccccc1Cl)C(C)C. The van der Waals surface area contributed by atoms with Gasteiger partial charge in [-0.3, -0.25) is 4.90 Å². The zero-order valence-electron chi connectivity index (χ0n) is 17.7. The molecule has 3 heteroatoms. The van der Waals surface area contributed by atoms with Gasteiger partial charge in [0.15, 0.2) is 0 Å². The van der Waals surface area contributed by atoms with E-state index in [1.165, 1.54) is 5.56 Å². The van der Waals surface area contributed by atoms with Crippen LogP contribution in [-0.2, 0) is 12.0 Å². The number of nitrogens with zero attached hydrogens (tertiary/aromatic N) is 2. The number of nitriles is 1. The molecule has 2 nitrogen and oxygen atoms in total. The highest BCUT2D eigenvalue weighted by atomic mass is 35.5. The van der Waals surface area contributed by atoms with Crippen molar-refractivity contribution < 1.29 is 0 Å². The molecular formula is C25H33ClN2. The molecule has 0 saturated heterocycles. The third kappa shape index (κ3) is 5.37. The lowest BCUT2D eigenvalue weighted by Gasteiger charge is -2.35. The zero-order chi connectivity index (χ0) is 20.6. The van der Waals surface area contributed by atoms with Crippen LogP contribution in [0, 0.1) is 17.2 Å². The van der Waals surface area contributed by atoms with Gasteiger partial charge in [0.2, 0.25) is 0 Å². The monoisotopic (exact) mass is 396 g/mol. The van der Waals surface area contributed by atoms with Crippen molar-refractivity contribution in [3.05, 3.63) is 70.7 Å². The molecule has 2 atom stereocenters. The fourth-order valence-corrected chi connectivity index (χ4v) is 4.29. The highest BCUT2D eigenvalue weighted by Gasteiger charge is 2.38. The molecular weight excluding hydrogens is 364 g/mol. The minimum Gasteiger partial charge on any atom is -0.296 e. The molecule has 2 aromatic carbocycles. The van der Waals surface area contributed by atoms with Crippen molar-refractivity contribution in [3.63, 3.8) is 0 Å². The minimum absolute atomic E-state index is 0.193. The first kappa shape index (κ1) is 22.5. The largest absolute Gasteiger partial charge is 0.296 e. The molecule has 0 spiro atoms. The molecule has 2 rings (SSSR count). The lowest BCUT2D eigenvalue weighted by molar-refractivity contribution is 0.177. The molecule has 0 aliphatic carbocycles. The summed E-state index contributed by atoms with van der Waals surface area (Å²) >= 11 is 6.50. The van der Waals surface area contributed by atoms with Crippen molar-refractivity contribution in [1.29, 1.82) is 5.26 Å². The Morgan fingerprint density at radius 3 is 2.25 bits per heavy atom. The van der Waals surface area contributed by atoms with Crippen LogP contribution < -0.4 is 0 Å². The molecule has 0 heterocycles. The van der Waals surface area contributed by atoms with Crippen LogP contribution in [0.15, 0.2) is 54.6 Å². The van der Waals surface area contributed by atoms with E-state index in [9.17, 15) is 5.26 Å². The van der Waals surface area contributed by atoms with Crippen molar-refractivity contribution in [2.24, 2.45) is 5.92 Å². The second kappa shape index (κ2) is 10.6. The molecule has 0 aliphatic heterocycles. The van der Waals surface area contributed by atoms with Crippen LogP contribution in [0.5, 0.6) is 0 Å². The molecule has 0 fully saturated rings. The van der Waals surface area contributed by atoms with Gasteiger partial charge < -0.3 is 0 Å². The molecule has 0 aliphatic rings. The van der Waals surface area contributed by atoms with Gasteiger partial charge in [0.1, 0.15) is 0 Å². The van der Waals surface area contributed by atoms with Gasteiger partial charge in [-0.05, 0) is 55.8 Å². The van der Waals surface area contributed by atoms with Crippen molar-refractivity contribution in [3.8, 4) is 6.07 Å². The van der Waals surface area contributed by atoms with Crippen LogP contribution in [0.3, 0.4) is 0 Å². The molecule has 0 aromatic heterocycles. The summed E-state index contributed by atoms with van der Waals surface area (Å²) in [6.07, 6.45) is 2.89. The van der Waals surface area contributed by atoms with Crippen LogP contribution in [0.25, 0.3) is 0 Å². The Morgan fingerprint density at radius 2 is 1.68 bits per heavy atom. The maximum absolute atomic E-state index is 10.2.